The molecule has 60 valence electrons. The molecule has 0 saturated carbocycles. The Morgan fingerprint density at radius 1 is 1.64 bits per heavy atom. The predicted octanol–water partition coefficient (Wildman–Crippen LogP) is 0.958. The highest BCUT2D eigenvalue weighted by molar-refractivity contribution is 5.83. The fourth-order valence-electron chi connectivity index (χ4n) is 0.810. The van der Waals surface area contributed by atoms with Gasteiger partial charge in [0.2, 0.25) is 0 Å². The van der Waals surface area contributed by atoms with E-state index in [0.717, 1.165) is 6.42 Å². The zero-order chi connectivity index (χ0) is 8.10. The fourth-order valence-corrected chi connectivity index (χ4v) is 0.810. The van der Waals surface area contributed by atoms with E-state index >= 15 is 0 Å². The average Bonchev–Trinajstić information content (AvgIpc) is 2.07. The third-order valence-corrected chi connectivity index (χ3v) is 1.60. The van der Waals surface area contributed by atoms with Gasteiger partial charge >= 0.3 is 0 Å². The van der Waals surface area contributed by atoms with E-state index in [4.69, 9.17) is 5.73 Å². The number of aliphatic imine (C=N–C) groups is 1. The van der Waals surface area contributed by atoms with Crippen molar-refractivity contribution in [3.8, 4) is 0 Å². The summed E-state index contributed by atoms with van der Waals surface area (Å²) in [5.41, 5.74) is 5.65. The van der Waals surface area contributed by atoms with Gasteiger partial charge in [-0.2, -0.15) is 0 Å². The summed E-state index contributed by atoms with van der Waals surface area (Å²) in [6.07, 6.45) is 8.29. The Balaban J connectivity index is 2.69. The van der Waals surface area contributed by atoms with Crippen LogP contribution in [0.1, 0.15) is 13.3 Å². The van der Waals surface area contributed by atoms with E-state index < -0.39 is 0 Å². The summed E-state index contributed by atoms with van der Waals surface area (Å²) in [5, 5.41) is 2.94. The lowest BCUT2D eigenvalue weighted by molar-refractivity contribution is 0.780. The Bertz CT molecular complexity index is 203. The summed E-state index contributed by atoms with van der Waals surface area (Å²) < 4.78 is 0. The molecule has 0 fully saturated rings. The molecule has 1 aliphatic rings. The maximum absolute atomic E-state index is 5.65. The summed E-state index contributed by atoms with van der Waals surface area (Å²) in [4.78, 5) is 4.04. The number of allylic oxidation sites excluding steroid dienone is 1. The summed E-state index contributed by atoms with van der Waals surface area (Å²) in [5.74, 6) is 1.02. The monoisotopic (exact) mass is 151 g/mol. The minimum absolute atomic E-state index is 0.329. The molecule has 0 aliphatic carbocycles. The van der Waals surface area contributed by atoms with Gasteiger partial charge in [0, 0.05) is 18.3 Å². The van der Waals surface area contributed by atoms with Crippen molar-refractivity contribution in [3.05, 3.63) is 24.7 Å². The van der Waals surface area contributed by atoms with Crippen LogP contribution in [0.5, 0.6) is 0 Å². The van der Waals surface area contributed by atoms with Crippen LogP contribution in [0.4, 0.5) is 0 Å². The number of amidine groups is 1. The maximum atomic E-state index is 5.65. The Morgan fingerprint density at radius 2 is 2.45 bits per heavy atom. The molecule has 0 amide bonds. The van der Waals surface area contributed by atoms with E-state index in [1.807, 2.05) is 12.3 Å². The normalized spacial score (nSPS) is 30.3. The largest absolute Gasteiger partial charge is 0.387 e. The molecular weight excluding hydrogens is 138 g/mol. The Kier molecular flexibility index (Phi) is 2.72. The number of nitrogens with one attached hydrogen (secondary N) is 1. The van der Waals surface area contributed by atoms with Crippen molar-refractivity contribution in [3.63, 3.8) is 0 Å². The van der Waals surface area contributed by atoms with E-state index in [1.54, 1.807) is 12.4 Å². The number of nitrogens with two attached hydrogens (primary N) is 1. The Labute approximate surface area is 66.7 Å². The lowest BCUT2D eigenvalue weighted by atomic mass is 10.1. The SMILES string of the molecule is CC1C/C=C\N/C=C\N=C1N. The molecule has 0 bridgehead atoms. The van der Waals surface area contributed by atoms with Crippen LogP contribution in [-0.4, -0.2) is 5.84 Å². The van der Waals surface area contributed by atoms with Gasteiger partial charge < -0.3 is 11.1 Å². The van der Waals surface area contributed by atoms with Crippen LogP contribution in [0, 0.1) is 5.92 Å². The summed E-state index contributed by atoms with van der Waals surface area (Å²) >= 11 is 0. The van der Waals surface area contributed by atoms with Crippen molar-refractivity contribution in [1.82, 2.24) is 5.32 Å². The highest BCUT2D eigenvalue weighted by atomic mass is 14.9. The van der Waals surface area contributed by atoms with Crippen molar-refractivity contribution >= 4 is 5.84 Å². The molecule has 0 aromatic rings. The molecule has 0 spiro atoms. The van der Waals surface area contributed by atoms with E-state index in [0.29, 0.717) is 11.8 Å². The number of rotatable bonds is 0. The molecular formula is C8H13N3. The third kappa shape index (κ3) is 2.45. The molecule has 3 nitrogen and oxygen atoms in total. The number of hydrogen-bond donors (Lipinski definition) is 2. The maximum Gasteiger partial charge on any atom is 0.102 e. The quantitative estimate of drug-likeness (QED) is 0.541. The molecule has 1 aliphatic heterocycles. The van der Waals surface area contributed by atoms with E-state index in [9.17, 15) is 0 Å². The molecule has 0 saturated heterocycles. The van der Waals surface area contributed by atoms with Crippen molar-refractivity contribution in [1.29, 1.82) is 0 Å². The highest BCUT2D eigenvalue weighted by Crippen LogP contribution is 2.03. The van der Waals surface area contributed by atoms with Gasteiger partial charge in [-0.05, 0) is 12.6 Å². The highest BCUT2D eigenvalue weighted by Gasteiger charge is 2.03. The second-order valence-corrected chi connectivity index (χ2v) is 2.58. The van der Waals surface area contributed by atoms with Gasteiger partial charge in [0.15, 0.2) is 0 Å². The van der Waals surface area contributed by atoms with Crippen molar-refractivity contribution in [2.24, 2.45) is 16.6 Å². The molecule has 1 heterocycles. The Hall–Kier alpha value is -1.25. The zero-order valence-electron chi connectivity index (χ0n) is 6.62. The van der Waals surface area contributed by atoms with Gasteiger partial charge in [0.1, 0.15) is 5.84 Å². The molecule has 1 atom stereocenters. The molecule has 1 unspecified atom stereocenters. The first-order chi connectivity index (χ1) is 5.30. The standard InChI is InChI=1S/C8H13N3/c1-7-3-2-4-10-5-6-11-8(7)9/h2,4-7,10H,3H2,1H3,(H2,9,11)/b4-2-,6-5-. The molecule has 0 aromatic heterocycles. The molecule has 3 N–H and O–H groups in total. The fraction of sp³-hybridized carbons (Fsp3) is 0.375. The lowest BCUT2D eigenvalue weighted by Gasteiger charge is -2.05. The molecule has 11 heavy (non-hydrogen) atoms. The first-order valence-electron chi connectivity index (χ1n) is 3.70. The van der Waals surface area contributed by atoms with Gasteiger partial charge in [-0.15, -0.1) is 0 Å². The smallest absolute Gasteiger partial charge is 0.102 e. The van der Waals surface area contributed by atoms with Crippen LogP contribution in [0.15, 0.2) is 29.7 Å². The summed E-state index contributed by atoms with van der Waals surface area (Å²) in [6.45, 7) is 2.06. The van der Waals surface area contributed by atoms with E-state index in [-0.39, 0.29) is 0 Å². The van der Waals surface area contributed by atoms with Gasteiger partial charge in [0.25, 0.3) is 0 Å². The van der Waals surface area contributed by atoms with Crippen molar-refractivity contribution in [2.75, 3.05) is 0 Å². The molecule has 0 aromatic carbocycles. The van der Waals surface area contributed by atoms with Gasteiger partial charge in [0.05, 0.1) is 0 Å². The zero-order valence-corrected chi connectivity index (χ0v) is 6.62. The Morgan fingerprint density at radius 3 is 3.27 bits per heavy atom. The van der Waals surface area contributed by atoms with Gasteiger partial charge in [-0.3, -0.25) is 0 Å². The summed E-state index contributed by atoms with van der Waals surface area (Å²) in [6, 6.07) is 0. The molecule has 3 heteroatoms. The average molecular weight is 151 g/mol. The van der Waals surface area contributed by atoms with Crippen LogP contribution >= 0.6 is 0 Å². The topological polar surface area (TPSA) is 50.4 Å². The van der Waals surface area contributed by atoms with Gasteiger partial charge in [-0.25, -0.2) is 4.99 Å². The number of hydrogen-bond acceptors (Lipinski definition) is 3. The van der Waals surface area contributed by atoms with Crippen LogP contribution in [0.3, 0.4) is 0 Å². The first kappa shape index (κ1) is 7.85. The minimum atomic E-state index is 0.329. The van der Waals surface area contributed by atoms with E-state index in [1.165, 1.54) is 0 Å². The molecule has 1 rings (SSSR count). The van der Waals surface area contributed by atoms with Crippen molar-refractivity contribution < 1.29 is 0 Å². The minimum Gasteiger partial charge on any atom is -0.387 e. The second kappa shape index (κ2) is 3.81. The van der Waals surface area contributed by atoms with Gasteiger partial charge in [-0.1, -0.05) is 13.0 Å². The van der Waals surface area contributed by atoms with Crippen molar-refractivity contribution in [2.45, 2.75) is 13.3 Å². The lowest BCUT2D eigenvalue weighted by Crippen LogP contribution is -2.20. The predicted molar refractivity (Wildman–Crippen MR) is 46.8 cm³/mol. The number of nitrogens with zero attached hydrogens (tertiary/aromatic N) is 1. The van der Waals surface area contributed by atoms with Crippen LogP contribution < -0.4 is 11.1 Å². The first-order valence-corrected chi connectivity index (χ1v) is 3.70. The second-order valence-electron chi connectivity index (χ2n) is 2.58. The van der Waals surface area contributed by atoms with Crippen LogP contribution in [0.2, 0.25) is 0 Å². The molecule has 0 radical (unpaired) electrons. The third-order valence-electron chi connectivity index (χ3n) is 1.60. The summed E-state index contributed by atoms with van der Waals surface area (Å²) in [7, 11) is 0. The van der Waals surface area contributed by atoms with E-state index in [2.05, 4.69) is 17.2 Å². The van der Waals surface area contributed by atoms with Crippen LogP contribution in [-0.2, 0) is 0 Å². The van der Waals surface area contributed by atoms with Crippen LogP contribution in [0.25, 0.3) is 0 Å².